The van der Waals surface area contributed by atoms with Gasteiger partial charge in [-0.05, 0) is 44.0 Å². The predicted molar refractivity (Wildman–Crippen MR) is 81.8 cm³/mol. The molecule has 2 rings (SSSR count). The molecule has 0 saturated heterocycles. The largest absolute Gasteiger partial charge is 0.282 e. The molecule has 104 valence electrons. The Kier molecular flexibility index (Phi) is 4.04. The zero-order valence-corrected chi connectivity index (χ0v) is 12.6. The van der Waals surface area contributed by atoms with Crippen molar-refractivity contribution >= 4 is 15.7 Å². The Hall–Kier alpha value is -1.94. The van der Waals surface area contributed by atoms with Crippen molar-refractivity contribution in [3.05, 3.63) is 65.2 Å². The van der Waals surface area contributed by atoms with Crippen molar-refractivity contribution in [2.75, 3.05) is 0 Å². The van der Waals surface area contributed by atoms with Crippen LogP contribution in [0.25, 0.3) is 0 Å². The third-order valence-electron chi connectivity index (χ3n) is 3.11. The highest BCUT2D eigenvalue weighted by Crippen LogP contribution is 2.16. The van der Waals surface area contributed by atoms with Gasteiger partial charge in [0, 0.05) is 0 Å². The molecule has 2 aromatic rings. The normalized spacial score (nSPS) is 12.4. The van der Waals surface area contributed by atoms with E-state index in [1.54, 1.807) is 31.2 Å². The van der Waals surface area contributed by atoms with E-state index < -0.39 is 10.0 Å². The molecule has 0 N–H and O–H groups in total. The third-order valence-corrected chi connectivity index (χ3v) is 4.49. The minimum absolute atomic E-state index is 0.219. The highest BCUT2D eigenvalue weighted by atomic mass is 32.2. The Morgan fingerprint density at radius 1 is 0.950 bits per heavy atom. The van der Waals surface area contributed by atoms with Gasteiger partial charge in [-0.25, -0.2) is 0 Å². The van der Waals surface area contributed by atoms with Gasteiger partial charge in [-0.2, -0.15) is 12.8 Å². The predicted octanol–water partition coefficient (Wildman–Crippen LogP) is 3.50. The van der Waals surface area contributed by atoms with Crippen molar-refractivity contribution < 1.29 is 8.42 Å². The minimum atomic E-state index is -3.65. The molecular weight excluding hydrogens is 270 g/mol. The first-order valence-electron chi connectivity index (χ1n) is 6.34. The lowest BCUT2D eigenvalue weighted by atomic mass is 10.1. The van der Waals surface area contributed by atoms with Crippen LogP contribution in [-0.2, 0) is 10.0 Å². The fourth-order valence-electron chi connectivity index (χ4n) is 1.97. The number of nitrogens with zero attached hydrogens (tertiary/aromatic N) is 1. The van der Waals surface area contributed by atoms with Crippen LogP contribution in [-0.4, -0.2) is 14.1 Å². The fraction of sp³-hybridized carbons (Fsp3) is 0.188. The van der Waals surface area contributed by atoms with Gasteiger partial charge in [0.05, 0.1) is 10.6 Å². The van der Waals surface area contributed by atoms with Crippen LogP contribution in [0.1, 0.15) is 23.6 Å². The van der Waals surface area contributed by atoms with Crippen molar-refractivity contribution in [1.29, 1.82) is 0 Å². The van der Waals surface area contributed by atoms with E-state index in [1.165, 1.54) is 0 Å². The minimum Gasteiger partial charge on any atom is -0.199 e. The zero-order chi connectivity index (χ0) is 14.8. The molecule has 0 radical (unpaired) electrons. The van der Waals surface area contributed by atoms with E-state index in [9.17, 15) is 8.42 Å². The molecule has 0 heterocycles. The van der Waals surface area contributed by atoms with E-state index >= 15 is 0 Å². The molecule has 0 amide bonds. The summed E-state index contributed by atoms with van der Waals surface area (Å²) in [6.45, 7) is 5.57. The van der Waals surface area contributed by atoms with Gasteiger partial charge in [0.25, 0.3) is 10.0 Å². The van der Waals surface area contributed by atoms with E-state index in [1.807, 2.05) is 38.1 Å². The molecule has 0 spiro atoms. The summed E-state index contributed by atoms with van der Waals surface area (Å²) >= 11 is 0. The van der Waals surface area contributed by atoms with Crippen LogP contribution in [0.5, 0.6) is 0 Å². The highest BCUT2D eigenvalue weighted by molar-refractivity contribution is 7.90. The molecule has 0 atom stereocenters. The van der Waals surface area contributed by atoms with Gasteiger partial charge < -0.3 is 0 Å². The lowest BCUT2D eigenvalue weighted by molar-refractivity contribution is 0.598. The number of aryl methyl sites for hydroxylation is 2. The molecular formula is C16H17NO2S. The van der Waals surface area contributed by atoms with Crippen molar-refractivity contribution in [3.8, 4) is 0 Å². The second-order valence-electron chi connectivity index (χ2n) is 4.78. The van der Waals surface area contributed by atoms with Gasteiger partial charge >= 0.3 is 0 Å². The lowest BCUT2D eigenvalue weighted by Crippen LogP contribution is -2.04. The molecule has 0 saturated carbocycles. The standard InChI is InChI=1S/C16H17NO2S/c1-12-8-10-15(11-9-12)20(18,19)17-14(3)16-7-5-4-6-13(16)2/h4-11H,1-3H3/b17-14+. The molecule has 4 heteroatoms. The molecule has 0 bridgehead atoms. The molecule has 0 aromatic heterocycles. The van der Waals surface area contributed by atoms with E-state index in [-0.39, 0.29) is 4.90 Å². The van der Waals surface area contributed by atoms with E-state index in [0.29, 0.717) is 5.71 Å². The summed E-state index contributed by atoms with van der Waals surface area (Å²) in [5.74, 6) is 0. The fourth-order valence-corrected chi connectivity index (χ4v) is 3.02. The Labute approximate surface area is 120 Å². The summed E-state index contributed by atoms with van der Waals surface area (Å²) in [5.41, 5.74) is 3.38. The Morgan fingerprint density at radius 3 is 2.15 bits per heavy atom. The first-order valence-corrected chi connectivity index (χ1v) is 7.78. The molecule has 2 aromatic carbocycles. The number of hydrogen-bond acceptors (Lipinski definition) is 2. The quantitative estimate of drug-likeness (QED) is 0.811. The molecule has 0 aliphatic carbocycles. The van der Waals surface area contributed by atoms with Crippen LogP contribution in [0.4, 0.5) is 0 Å². The molecule has 0 aliphatic heterocycles. The number of sulfonamides is 1. The SMILES string of the molecule is C/C(=N\S(=O)(=O)c1ccc(C)cc1)c1ccccc1C. The van der Waals surface area contributed by atoms with E-state index in [4.69, 9.17) is 0 Å². The number of rotatable bonds is 3. The summed E-state index contributed by atoms with van der Waals surface area (Å²) in [4.78, 5) is 0.219. The smallest absolute Gasteiger partial charge is 0.199 e. The summed E-state index contributed by atoms with van der Waals surface area (Å²) in [5, 5.41) is 0. The third kappa shape index (κ3) is 3.14. The van der Waals surface area contributed by atoms with Gasteiger partial charge in [0.15, 0.2) is 0 Å². The zero-order valence-electron chi connectivity index (χ0n) is 11.8. The molecule has 3 nitrogen and oxygen atoms in total. The van der Waals surface area contributed by atoms with Crippen molar-refractivity contribution in [2.24, 2.45) is 4.40 Å². The summed E-state index contributed by atoms with van der Waals surface area (Å²) in [6.07, 6.45) is 0. The van der Waals surface area contributed by atoms with Gasteiger partial charge in [0.2, 0.25) is 0 Å². The van der Waals surface area contributed by atoms with Crippen LogP contribution in [0.2, 0.25) is 0 Å². The first-order chi connectivity index (χ1) is 9.40. The Morgan fingerprint density at radius 2 is 1.55 bits per heavy atom. The Balaban J connectivity index is 2.43. The topological polar surface area (TPSA) is 46.5 Å². The van der Waals surface area contributed by atoms with Crippen LogP contribution in [0.3, 0.4) is 0 Å². The van der Waals surface area contributed by atoms with E-state index in [2.05, 4.69) is 4.40 Å². The lowest BCUT2D eigenvalue weighted by Gasteiger charge is -2.05. The Bertz CT molecular complexity index is 744. The number of benzene rings is 2. The van der Waals surface area contributed by atoms with Crippen molar-refractivity contribution in [3.63, 3.8) is 0 Å². The maximum absolute atomic E-state index is 12.3. The van der Waals surface area contributed by atoms with Crippen molar-refractivity contribution in [1.82, 2.24) is 0 Å². The molecule has 0 unspecified atom stereocenters. The van der Waals surface area contributed by atoms with Crippen molar-refractivity contribution in [2.45, 2.75) is 25.7 Å². The highest BCUT2D eigenvalue weighted by Gasteiger charge is 2.13. The molecule has 0 aliphatic rings. The second kappa shape index (κ2) is 5.59. The average Bonchev–Trinajstić information content (AvgIpc) is 2.39. The summed E-state index contributed by atoms with van der Waals surface area (Å²) < 4.78 is 28.4. The van der Waals surface area contributed by atoms with Gasteiger partial charge in [0.1, 0.15) is 0 Å². The average molecular weight is 287 g/mol. The number of hydrogen-bond donors (Lipinski definition) is 0. The molecule has 0 fully saturated rings. The van der Waals surface area contributed by atoms with Crippen LogP contribution >= 0.6 is 0 Å². The summed E-state index contributed by atoms with van der Waals surface area (Å²) in [7, 11) is -3.65. The second-order valence-corrected chi connectivity index (χ2v) is 6.38. The maximum Gasteiger partial charge on any atom is 0.282 e. The van der Waals surface area contributed by atoms with Gasteiger partial charge in [-0.15, -0.1) is 0 Å². The van der Waals surface area contributed by atoms with Gasteiger partial charge in [-0.1, -0.05) is 42.0 Å². The first kappa shape index (κ1) is 14.5. The van der Waals surface area contributed by atoms with Crippen LogP contribution in [0, 0.1) is 13.8 Å². The van der Waals surface area contributed by atoms with Crippen LogP contribution < -0.4 is 0 Å². The summed E-state index contributed by atoms with van der Waals surface area (Å²) in [6, 6.07) is 14.3. The van der Waals surface area contributed by atoms with E-state index in [0.717, 1.165) is 16.7 Å². The van der Waals surface area contributed by atoms with Gasteiger partial charge in [-0.3, -0.25) is 0 Å². The van der Waals surface area contributed by atoms with Crippen LogP contribution in [0.15, 0.2) is 57.8 Å². The monoisotopic (exact) mass is 287 g/mol. The maximum atomic E-state index is 12.3. The molecule has 20 heavy (non-hydrogen) atoms.